The van der Waals surface area contributed by atoms with Gasteiger partial charge in [-0.2, -0.15) is 0 Å². The topological polar surface area (TPSA) is 71.0 Å². The van der Waals surface area contributed by atoms with Gasteiger partial charge in [-0.1, -0.05) is 18.2 Å². The van der Waals surface area contributed by atoms with Crippen LogP contribution in [0.15, 0.2) is 66.7 Å². The van der Waals surface area contributed by atoms with E-state index in [1.54, 1.807) is 35.2 Å². The minimum atomic E-state index is -0.425. The van der Waals surface area contributed by atoms with Gasteiger partial charge in [-0.25, -0.2) is 0 Å². The van der Waals surface area contributed by atoms with E-state index in [4.69, 9.17) is 9.47 Å². The molecule has 3 aromatic rings. The van der Waals surface area contributed by atoms with Crippen molar-refractivity contribution >= 4 is 17.3 Å². The van der Waals surface area contributed by atoms with Crippen molar-refractivity contribution in [3.8, 4) is 17.2 Å². The maximum Gasteiger partial charge on any atom is 0.262 e. The van der Waals surface area contributed by atoms with Gasteiger partial charge in [0.05, 0.1) is 5.56 Å². The van der Waals surface area contributed by atoms with Gasteiger partial charge < -0.3 is 19.9 Å². The van der Waals surface area contributed by atoms with Crippen LogP contribution in [0.5, 0.6) is 17.2 Å². The predicted octanol–water partition coefficient (Wildman–Crippen LogP) is 3.89. The maximum absolute atomic E-state index is 13.3. The van der Waals surface area contributed by atoms with Gasteiger partial charge in [-0.3, -0.25) is 9.69 Å². The van der Waals surface area contributed by atoms with Crippen molar-refractivity contribution in [3.63, 3.8) is 0 Å². The Labute approximate surface area is 155 Å². The average molecular weight is 360 g/mol. The van der Waals surface area contributed by atoms with E-state index < -0.39 is 6.17 Å². The first-order valence-electron chi connectivity index (χ1n) is 8.58. The van der Waals surface area contributed by atoms with Gasteiger partial charge >= 0.3 is 0 Å². The molecule has 6 nitrogen and oxygen atoms in total. The fourth-order valence-corrected chi connectivity index (χ4v) is 3.45. The Bertz CT molecular complexity index is 1030. The van der Waals surface area contributed by atoms with Gasteiger partial charge in [-0.05, 0) is 54.1 Å². The van der Waals surface area contributed by atoms with Crippen LogP contribution in [0.4, 0.5) is 11.4 Å². The van der Waals surface area contributed by atoms with Crippen molar-refractivity contribution in [1.82, 2.24) is 0 Å². The summed E-state index contributed by atoms with van der Waals surface area (Å²) in [6.07, 6.45) is -0.425. The number of aromatic hydroxyl groups is 1. The highest BCUT2D eigenvalue weighted by Crippen LogP contribution is 2.40. The molecule has 0 aliphatic carbocycles. The zero-order valence-corrected chi connectivity index (χ0v) is 14.3. The Morgan fingerprint density at radius 1 is 0.963 bits per heavy atom. The lowest BCUT2D eigenvalue weighted by atomic mass is 10.0. The van der Waals surface area contributed by atoms with E-state index in [-0.39, 0.29) is 18.4 Å². The van der Waals surface area contributed by atoms with Crippen LogP contribution in [0.25, 0.3) is 0 Å². The molecule has 2 aliphatic rings. The monoisotopic (exact) mass is 360 g/mol. The number of rotatable bonds is 2. The molecule has 0 saturated heterocycles. The Balaban J connectivity index is 1.64. The second-order valence-corrected chi connectivity index (χ2v) is 6.40. The first kappa shape index (κ1) is 15.6. The number of para-hydroxylation sites is 1. The van der Waals surface area contributed by atoms with E-state index in [1.807, 2.05) is 36.4 Å². The minimum Gasteiger partial charge on any atom is -0.508 e. The number of fused-ring (bicyclic) bond motifs is 2. The molecule has 6 heteroatoms. The number of ether oxygens (including phenoxy) is 2. The average Bonchev–Trinajstić information content (AvgIpc) is 3.17. The molecule has 0 saturated carbocycles. The van der Waals surface area contributed by atoms with Crippen molar-refractivity contribution in [2.45, 2.75) is 6.17 Å². The summed E-state index contributed by atoms with van der Waals surface area (Å²) in [5, 5.41) is 13.1. The number of benzene rings is 3. The number of amides is 1. The van der Waals surface area contributed by atoms with E-state index in [2.05, 4.69) is 5.32 Å². The molecule has 0 bridgehead atoms. The van der Waals surface area contributed by atoms with E-state index in [9.17, 15) is 9.90 Å². The standard InChI is InChI=1S/C21H16N2O4/c24-15-8-6-14(7-9-15)23-20(13-5-10-18-19(11-13)27-12-26-18)22-17-4-2-1-3-16(17)21(23)25/h1-11,20,22,24H,12H2/t20-/m0/s1. The third-order valence-electron chi connectivity index (χ3n) is 4.77. The molecular formula is C21H16N2O4. The van der Waals surface area contributed by atoms with Crippen LogP contribution < -0.4 is 19.7 Å². The summed E-state index contributed by atoms with van der Waals surface area (Å²) in [6, 6.07) is 19.7. The molecule has 0 aromatic heterocycles. The van der Waals surface area contributed by atoms with E-state index in [0.717, 1.165) is 11.3 Å². The van der Waals surface area contributed by atoms with Gasteiger partial charge in [-0.15, -0.1) is 0 Å². The third-order valence-corrected chi connectivity index (χ3v) is 4.77. The fourth-order valence-electron chi connectivity index (χ4n) is 3.45. The van der Waals surface area contributed by atoms with E-state index >= 15 is 0 Å². The number of hydrogen-bond acceptors (Lipinski definition) is 5. The molecule has 0 radical (unpaired) electrons. The Morgan fingerprint density at radius 3 is 2.59 bits per heavy atom. The van der Waals surface area contributed by atoms with Crippen LogP contribution in [0, 0.1) is 0 Å². The highest BCUT2D eigenvalue weighted by Gasteiger charge is 2.34. The first-order chi connectivity index (χ1) is 13.2. The largest absolute Gasteiger partial charge is 0.508 e. The van der Waals surface area contributed by atoms with E-state index in [1.165, 1.54) is 0 Å². The van der Waals surface area contributed by atoms with Crippen molar-refractivity contribution in [2.24, 2.45) is 0 Å². The first-order valence-corrected chi connectivity index (χ1v) is 8.58. The van der Waals surface area contributed by atoms with E-state index in [0.29, 0.717) is 22.7 Å². The summed E-state index contributed by atoms with van der Waals surface area (Å²) in [5.74, 6) is 1.39. The van der Waals surface area contributed by atoms with Crippen LogP contribution in [-0.4, -0.2) is 17.8 Å². The van der Waals surface area contributed by atoms with Crippen LogP contribution in [0.2, 0.25) is 0 Å². The Kier molecular flexibility index (Phi) is 3.43. The van der Waals surface area contributed by atoms with Gasteiger partial charge in [0.2, 0.25) is 6.79 Å². The molecule has 2 aliphatic heterocycles. The number of phenols is 1. The molecule has 5 rings (SSSR count). The lowest BCUT2D eigenvalue weighted by Crippen LogP contribution is -2.43. The quantitative estimate of drug-likeness (QED) is 0.725. The predicted molar refractivity (Wildman–Crippen MR) is 100 cm³/mol. The normalized spacial score (nSPS) is 17.4. The lowest BCUT2D eigenvalue weighted by molar-refractivity contribution is 0.0974. The number of anilines is 2. The second kappa shape index (κ2) is 5.95. The van der Waals surface area contributed by atoms with Crippen LogP contribution in [0.1, 0.15) is 22.1 Å². The van der Waals surface area contributed by atoms with Gasteiger partial charge in [0.1, 0.15) is 11.9 Å². The molecule has 3 aromatic carbocycles. The molecule has 27 heavy (non-hydrogen) atoms. The summed E-state index contributed by atoms with van der Waals surface area (Å²) in [5.41, 5.74) is 2.93. The maximum atomic E-state index is 13.3. The highest BCUT2D eigenvalue weighted by molar-refractivity contribution is 6.12. The third kappa shape index (κ3) is 2.54. The summed E-state index contributed by atoms with van der Waals surface area (Å²) in [7, 11) is 0. The Hall–Kier alpha value is -3.67. The summed E-state index contributed by atoms with van der Waals surface area (Å²) < 4.78 is 10.9. The van der Waals surface area contributed by atoms with Gasteiger partial charge in [0, 0.05) is 11.4 Å². The van der Waals surface area contributed by atoms with Gasteiger partial charge in [0.15, 0.2) is 11.5 Å². The van der Waals surface area contributed by atoms with Crippen molar-refractivity contribution in [1.29, 1.82) is 0 Å². The number of carbonyl (C=O) groups is 1. The van der Waals surface area contributed by atoms with Crippen LogP contribution in [-0.2, 0) is 0 Å². The van der Waals surface area contributed by atoms with Crippen LogP contribution in [0.3, 0.4) is 0 Å². The number of hydrogen-bond donors (Lipinski definition) is 2. The zero-order chi connectivity index (χ0) is 18.4. The Morgan fingerprint density at radius 2 is 1.74 bits per heavy atom. The number of carbonyl (C=O) groups excluding carboxylic acids is 1. The SMILES string of the molecule is O=C1c2ccccc2N[C@H](c2ccc3c(c2)OCO3)N1c1ccc(O)cc1. The molecule has 2 heterocycles. The summed E-state index contributed by atoms with van der Waals surface area (Å²) in [4.78, 5) is 15.0. The smallest absolute Gasteiger partial charge is 0.262 e. The van der Waals surface area contributed by atoms with Crippen molar-refractivity contribution in [3.05, 3.63) is 77.9 Å². The van der Waals surface area contributed by atoms with Crippen molar-refractivity contribution < 1.29 is 19.4 Å². The highest BCUT2D eigenvalue weighted by atomic mass is 16.7. The molecule has 2 N–H and O–H groups in total. The minimum absolute atomic E-state index is 0.113. The summed E-state index contributed by atoms with van der Waals surface area (Å²) in [6.45, 7) is 0.195. The van der Waals surface area contributed by atoms with Crippen LogP contribution >= 0.6 is 0 Å². The number of phenolic OH excluding ortho intramolecular Hbond substituents is 1. The summed E-state index contributed by atoms with van der Waals surface area (Å²) >= 11 is 0. The molecule has 134 valence electrons. The fraction of sp³-hybridized carbons (Fsp3) is 0.0952. The second-order valence-electron chi connectivity index (χ2n) is 6.40. The van der Waals surface area contributed by atoms with Crippen molar-refractivity contribution in [2.75, 3.05) is 17.0 Å². The molecule has 0 spiro atoms. The number of nitrogens with one attached hydrogen (secondary N) is 1. The molecule has 0 fully saturated rings. The lowest BCUT2D eigenvalue weighted by Gasteiger charge is -2.38. The molecular weight excluding hydrogens is 344 g/mol. The molecule has 1 atom stereocenters. The zero-order valence-electron chi connectivity index (χ0n) is 14.3. The number of nitrogens with zero attached hydrogens (tertiary/aromatic N) is 1. The molecule has 0 unspecified atom stereocenters. The van der Waals surface area contributed by atoms with Gasteiger partial charge in [0.25, 0.3) is 5.91 Å². The molecule has 1 amide bonds.